The summed E-state index contributed by atoms with van der Waals surface area (Å²) in [6.45, 7) is 0.706. The normalized spacial score (nSPS) is 10.2. The van der Waals surface area contributed by atoms with Gasteiger partial charge >= 0.3 is 0 Å². The van der Waals surface area contributed by atoms with Crippen molar-refractivity contribution in [3.05, 3.63) is 63.4 Å². The van der Waals surface area contributed by atoms with Crippen LogP contribution in [0.2, 0.25) is 0 Å². The zero-order valence-corrected chi connectivity index (χ0v) is 12.9. The minimum Gasteiger partial charge on any atom is -0.487 e. The number of nitrogens with two attached hydrogens (primary N) is 1. The number of halogens is 2. The summed E-state index contributed by atoms with van der Waals surface area (Å²) in [4.78, 5) is 0. The molecule has 0 saturated carbocycles. The van der Waals surface area contributed by atoms with E-state index in [2.05, 4.69) is 15.9 Å². The summed E-state index contributed by atoms with van der Waals surface area (Å²) in [7, 11) is 0. The van der Waals surface area contributed by atoms with Crippen molar-refractivity contribution in [2.75, 3.05) is 6.54 Å². The van der Waals surface area contributed by atoms with Crippen molar-refractivity contribution >= 4 is 15.9 Å². The van der Waals surface area contributed by atoms with Gasteiger partial charge in [0.15, 0.2) is 0 Å². The molecule has 2 aromatic rings. The second-order valence-electron chi connectivity index (χ2n) is 4.52. The SMILES string of the molecule is N#Cc1cc(F)cc(COc2c(Br)cccc2CCN)c1. The third-order valence-corrected chi connectivity index (χ3v) is 3.56. The molecule has 108 valence electrons. The minimum absolute atomic E-state index is 0.187. The molecule has 0 fully saturated rings. The van der Waals surface area contributed by atoms with E-state index in [1.807, 2.05) is 24.3 Å². The van der Waals surface area contributed by atoms with Crippen LogP contribution in [-0.2, 0) is 13.0 Å². The molecule has 0 aliphatic carbocycles. The number of nitrogens with zero attached hydrogens (tertiary/aromatic N) is 1. The highest BCUT2D eigenvalue weighted by Crippen LogP contribution is 2.30. The van der Waals surface area contributed by atoms with Gasteiger partial charge in [0.2, 0.25) is 0 Å². The Morgan fingerprint density at radius 2 is 2.10 bits per heavy atom. The fourth-order valence-corrected chi connectivity index (χ4v) is 2.54. The van der Waals surface area contributed by atoms with E-state index >= 15 is 0 Å². The second-order valence-corrected chi connectivity index (χ2v) is 5.37. The summed E-state index contributed by atoms with van der Waals surface area (Å²) in [6.07, 6.45) is 0.696. The first-order valence-corrected chi connectivity index (χ1v) is 7.23. The Morgan fingerprint density at radius 1 is 1.29 bits per heavy atom. The van der Waals surface area contributed by atoms with Gasteiger partial charge < -0.3 is 10.5 Å². The van der Waals surface area contributed by atoms with Crippen LogP contribution < -0.4 is 10.5 Å². The Kier molecular flexibility index (Phi) is 5.32. The molecule has 2 rings (SSSR count). The van der Waals surface area contributed by atoms with Gasteiger partial charge in [-0.25, -0.2) is 4.39 Å². The van der Waals surface area contributed by atoms with Gasteiger partial charge in [0.1, 0.15) is 18.2 Å². The van der Waals surface area contributed by atoms with Crippen molar-refractivity contribution in [1.29, 1.82) is 5.26 Å². The number of para-hydroxylation sites is 1. The molecule has 0 spiro atoms. The van der Waals surface area contributed by atoms with E-state index in [1.165, 1.54) is 12.1 Å². The average Bonchev–Trinajstić information content (AvgIpc) is 2.46. The topological polar surface area (TPSA) is 59.0 Å². The maximum absolute atomic E-state index is 13.4. The molecule has 0 aromatic heterocycles. The van der Waals surface area contributed by atoms with E-state index in [1.54, 1.807) is 6.07 Å². The van der Waals surface area contributed by atoms with Crippen molar-refractivity contribution in [2.24, 2.45) is 5.73 Å². The maximum atomic E-state index is 13.4. The molecule has 0 amide bonds. The molecule has 0 atom stereocenters. The van der Waals surface area contributed by atoms with Crippen LogP contribution in [0.25, 0.3) is 0 Å². The monoisotopic (exact) mass is 348 g/mol. The molecule has 2 aromatic carbocycles. The predicted octanol–water partition coefficient (Wildman–Crippen LogP) is 3.54. The zero-order valence-electron chi connectivity index (χ0n) is 11.3. The summed E-state index contributed by atoms with van der Waals surface area (Å²) in [6, 6.07) is 11.8. The predicted molar refractivity (Wildman–Crippen MR) is 82.3 cm³/mol. The zero-order chi connectivity index (χ0) is 15.2. The third-order valence-electron chi connectivity index (χ3n) is 2.93. The van der Waals surface area contributed by atoms with Crippen LogP contribution in [-0.4, -0.2) is 6.54 Å². The molecule has 0 radical (unpaired) electrons. The Morgan fingerprint density at radius 3 is 2.81 bits per heavy atom. The van der Waals surface area contributed by atoms with Crippen LogP contribution in [0, 0.1) is 17.1 Å². The molecule has 0 heterocycles. The molecule has 0 bridgehead atoms. The van der Waals surface area contributed by atoms with Gasteiger partial charge in [-0.15, -0.1) is 0 Å². The first kappa shape index (κ1) is 15.5. The van der Waals surface area contributed by atoms with E-state index in [9.17, 15) is 4.39 Å². The van der Waals surface area contributed by atoms with E-state index in [0.29, 0.717) is 24.3 Å². The number of hydrogen-bond donors (Lipinski definition) is 1. The highest BCUT2D eigenvalue weighted by atomic mass is 79.9. The van der Waals surface area contributed by atoms with Gasteiger partial charge in [-0.2, -0.15) is 5.26 Å². The standard InChI is InChI=1S/C16H14BrFN2O/c17-15-3-1-2-13(4-5-19)16(15)21-10-12-6-11(9-20)7-14(18)8-12/h1-3,6-8H,4-5,10,19H2. The fourth-order valence-electron chi connectivity index (χ4n) is 2.02. The highest BCUT2D eigenvalue weighted by Gasteiger charge is 2.09. The van der Waals surface area contributed by atoms with Crippen LogP contribution in [0.5, 0.6) is 5.75 Å². The van der Waals surface area contributed by atoms with Crippen LogP contribution in [0.3, 0.4) is 0 Å². The van der Waals surface area contributed by atoms with Crippen molar-refractivity contribution in [3.63, 3.8) is 0 Å². The average molecular weight is 349 g/mol. The molecule has 0 aliphatic heterocycles. The van der Waals surface area contributed by atoms with Crippen LogP contribution in [0.15, 0.2) is 40.9 Å². The first-order valence-electron chi connectivity index (χ1n) is 6.44. The Balaban J connectivity index is 2.20. The lowest BCUT2D eigenvalue weighted by Crippen LogP contribution is -2.06. The maximum Gasteiger partial charge on any atom is 0.137 e. The number of benzene rings is 2. The third kappa shape index (κ3) is 4.03. The van der Waals surface area contributed by atoms with Crippen LogP contribution in [0.4, 0.5) is 4.39 Å². The minimum atomic E-state index is -0.443. The van der Waals surface area contributed by atoms with Gasteiger partial charge in [0, 0.05) is 0 Å². The Bertz CT molecular complexity index is 682. The molecule has 0 unspecified atom stereocenters. The largest absolute Gasteiger partial charge is 0.487 e. The number of rotatable bonds is 5. The van der Waals surface area contributed by atoms with Gasteiger partial charge in [-0.1, -0.05) is 12.1 Å². The number of ether oxygens (including phenoxy) is 1. The van der Waals surface area contributed by atoms with Gasteiger partial charge in [-0.05, 0) is 64.3 Å². The molecule has 5 heteroatoms. The fraction of sp³-hybridized carbons (Fsp3) is 0.188. The lowest BCUT2D eigenvalue weighted by atomic mass is 10.1. The number of hydrogen-bond acceptors (Lipinski definition) is 3. The summed E-state index contributed by atoms with van der Waals surface area (Å²) >= 11 is 3.44. The highest BCUT2D eigenvalue weighted by molar-refractivity contribution is 9.10. The number of nitriles is 1. The smallest absolute Gasteiger partial charge is 0.137 e. The van der Waals surface area contributed by atoms with Crippen molar-refractivity contribution in [2.45, 2.75) is 13.0 Å². The summed E-state index contributed by atoms with van der Waals surface area (Å²) in [5, 5.41) is 8.85. The van der Waals surface area contributed by atoms with Crippen molar-refractivity contribution in [1.82, 2.24) is 0 Å². The molecule has 3 nitrogen and oxygen atoms in total. The second kappa shape index (κ2) is 7.21. The first-order chi connectivity index (χ1) is 10.1. The van der Waals surface area contributed by atoms with Crippen LogP contribution in [0.1, 0.15) is 16.7 Å². The Labute approximate surface area is 131 Å². The van der Waals surface area contributed by atoms with Crippen molar-refractivity contribution in [3.8, 4) is 11.8 Å². The molecule has 0 saturated heterocycles. The molecule has 2 N–H and O–H groups in total. The van der Waals surface area contributed by atoms with E-state index in [0.717, 1.165) is 10.0 Å². The van der Waals surface area contributed by atoms with Gasteiger partial charge in [0.25, 0.3) is 0 Å². The van der Waals surface area contributed by atoms with Crippen LogP contribution >= 0.6 is 15.9 Å². The van der Waals surface area contributed by atoms with Gasteiger partial charge in [-0.3, -0.25) is 0 Å². The Hall–Kier alpha value is -1.90. The van der Waals surface area contributed by atoms with Crippen molar-refractivity contribution < 1.29 is 9.13 Å². The molecular weight excluding hydrogens is 335 g/mol. The van der Waals surface area contributed by atoms with Gasteiger partial charge in [0.05, 0.1) is 16.1 Å². The summed E-state index contributed by atoms with van der Waals surface area (Å²) in [5.74, 6) is 0.257. The molecule has 0 aliphatic rings. The lowest BCUT2D eigenvalue weighted by molar-refractivity contribution is 0.300. The lowest BCUT2D eigenvalue weighted by Gasteiger charge is -2.13. The van der Waals surface area contributed by atoms with E-state index < -0.39 is 5.82 Å². The van der Waals surface area contributed by atoms with E-state index in [4.69, 9.17) is 15.7 Å². The van der Waals surface area contributed by atoms with E-state index in [-0.39, 0.29) is 12.2 Å². The summed E-state index contributed by atoms with van der Waals surface area (Å²) < 4.78 is 20.0. The summed E-state index contributed by atoms with van der Waals surface area (Å²) in [5.41, 5.74) is 7.47. The molecule has 21 heavy (non-hydrogen) atoms. The quantitative estimate of drug-likeness (QED) is 0.898. The molecular formula is C16H14BrFN2O.